The molecule has 0 aliphatic heterocycles. The molecule has 0 unspecified atom stereocenters. The second-order valence-corrected chi connectivity index (χ2v) is 0.846. The summed E-state index contributed by atoms with van der Waals surface area (Å²) in [4.78, 5) is 9.42. The number of hydrogen-bond acceptors (Lipinski definition) is 2. The number of allylic oxidation sites excluding steroid dienone is 2. The third-order valence-electron chi connectivity index (χ3n) is 0.429. The van der Waals surface area contributed by atoms with E-state index in [-0.39, 0.29) is 5.70 Å². The Balaban J connectivity index is 3.50. The van der Waals surface area contributed by atoms with E-state index >= 15 is 0 Å². The van der Waals surface area contributed by atoms with Gasteiger partial charge in [0.05, 0.1) is 5.70 Å². The van der Waals surface area contributed by atoms with Crippen molar-refractivity contribution in [2.24, 2.45) is 5.73 Å². The molecule has 2 N–H and O–H groups in total. The summed E-state index contributed by atoms with van der Waals surface area (Å²) in [6, 6.07) is 0. The van der Waals surface area contributed by atoms with Crippen LogP contribution in [0.5, 0.6) is 0 Å². The predicted octanol–water partition coefficient (Wildman–Crippen LogP) is -0.0414. The Kier molecular flexibility index (Phi) is 2.13. The molecular formula is C4H6NO. The number of carbonyl (C=O) groups excluding carboxylic acids is 1. The van der Waals surface area contributed by atoms with Crippen molar-refractivity contribution in [2.75, 3.05) is 0 Å². The Labute approximate surface area is 36.6 Å². The van der Waals surface area contributed by atoms with Gasteiger partial charge in [0.2, 0.25) is 6.29 Å². The summed E-state index contributed by atoms with van der Waals surface area (Å²) in [5.41, 5.74) is 5.07. The highest BCUT2D eigenvalue weighted by atomic mass is 16.1. The van der Waals surface area contributed by atoms with E-state index in [0.29, 0.717) is 0 Å². The highest BCUT2D eigenvalue weighted by Gasteiger charge is 1.75. The minimum absolute atomic E-state index is 0.162. The molecule has 0 fully saturated rings. The van der Waals surface area contributed by atoms with Gasteiger partial charge in [-0.15, -0.1) is 0 Å². The molecule has 6 heavy (non-hydrogen) atoms. The van der Waals surface area contributed by atoms with Crippen molar-refractivity contribution in [3.8, 4) is 0 Å². The first-order valence-corrected chi connectivity index (χ1v) is 1.61. The number of nitrogens with two attached hydrogens (primary N) is 1. The van der Waals surface area contributed by atoms with Crippen LogP contribution >= 0.6 is 0 Å². The van der Waals surface area contributed by atoms with E-state index in [1.165, 1.54) is 12.4 Å². The maximum Gasteiger partial charge on any atom is 0.250 e. The van der Waals surface area contributed by atoms with E-state index in [0.717, 1.165) is 0 Å². The smallest absolute Gasteiger partial charge is 0.250 e. The minimum Gasteiger partial charge on any atom is -0.396 e. The summed E-state index contributed by atoms with van der Waals surface area (Å²) in [6.45, 7) is 1.68. The van der Waals surface area contributed by atoms with Crippen LogP contribution < -0.4 is 5.73 Å². The quantitative estimate of drug-likeness (QED) is 0.453. The summed E-state index contributed by atoms with van der Waals surface area (Å²) in [5.74, 6) is 0. The van der Waals surface area contributed by atoms with Crippen LogP contribution in [0.1, 0.15) is 6.92 Å². The lowest BCUT2D eigenvalue weighted by molar-refractivity contribution is 0.561. The van der Waals surface area contributed by atoms with Crippen molar-refractivity contribution in [1.29, 1.82) is 0 Å². The summed E-state index contributed by atoms with van der Waals surface area (Å²) < 4.78 is 0. The van der Waals surface area contributed by atoms with Crippen molar-refractivity contribution < 1.29 is 4.79 Å². The molecule has 0 atom stereocenters. The average Bonchev–Trinajstić information content (AvgIpc) is 1.65. The summed E-state index contributed by atoms with van der Waals surface area (Å²) >= 11 is 0. The first-order valence-electron chi connectivity index (χ1n) is 1.61. The first kappa shape index (κ1) is 5.21. The topological polar surface area (TPSA) is 43.1 Å². The van der Waals surface area contributed by atoms with Crippen molar-refractivity contribution in [3.05, 3.63) is 11.8 Å². The van der Waals surface area contributed by atoms with Crippen LogP contribution in [0, 0.1) is 0 Å². The Bertz CT molecular complexity index is 75.6. The number of rotatable bonds is 1. The third kappa shape index (κ3) is 1.52. The van der Waals surface area contributed by atoms with Gasteiger partial charge >= 0.3 is 0 Å². The minimum atomic E-state index is 0.162. The van der Waals surface area contributed by atoms with Crippen LogP contribution in [0.2, 0.25) is 0 Å². The lowest BCUT2D eigenvalue weighted by Gasteiger charge is -1.74. The predicted molar refractivity (Wildman–Crippen MR) is 23.6 cm³/mol. The lowest BCUT2D eigenvalue weighted by Crippen LogP contribution is -1.95. The fourth-order valence-corrected chi connectivity index (χ4v) is 0.0589. The van der Waals surface area contributed by atoms with E-state index in [1.54, 1.807) is 6.92 Å². The second kappa shape index (κ2) is 2.45. The molecule has 0 aromatic heterocycles. The molecule has 0 aliphatic rings. The highest BCUT2D eigenvalue weighted by molar-refractivity contribution is 5.71. The van der Waals surface area contributed by atoms with Crippen LogP contribution in [-0.4, -0.2) is 6.29 Å². The van der Waals surface area contributed by atoms with Gasteiger partial charge in [-0.1, -0.05) is 6.08 Å². The molecule has 0 aromatic rings. The van der Waals surface area contributed by atoms with Gasteiger partial charge in [0.1, 0.15) is 0 Å². The Morgan fingerprint density at radius 2 is 2.50 bits per heavy atom. The van der Waals surface area contributed by atoms with Gasteiger partial charge in [-0.25, -0.2) is 0 Å². The van der Waals surface area contributed by atoms with Crippen molar-refractivity contribution in [2.45, 2.75) is 6.92 Å². The zero-order chi connectivity index (χ0) is 4.99. The monoisotopic (exact) mass is 84.0 g/mol. The fourth-order valence-electron chi connectivity index (χ4n) is 0.0589. The van der Waals surface area contributed by atoms with Gasteiger partial charge in [-0.05, 0) is 6.92 Å². The van der Waals surface area contributed by atoms with E-state index in [4.69, 9.17) is 5.73 Å². The zero-order valence-electron chi connectivity index (χ0n) is 3.56. The Morgan fingerprint density at radius 1 is 2.00 bits per heavy atom. The molecule has 0 rings (SSSR count). The standard InChI is InChI=1S/C4H6NO/c1-2-4(5)3-6/h2H,5H2,1H3/b4-2-. The van der Waals surface area contributed by atoms with E-state index in [1.807, 2.05) is 0 Å². The normalized spacial score (nSPS) is 11.2. The average molecular weight is 84.1 g/mol. The highest BCUT2D eigenvalue weighted by Crippen LogP contribution is 1.69. The Hall–Kier alpha value is -0.790. The fraction of sp³-hybridized carbons (Fsp3) is 0.250. The van der Waals surface area contributed by atoms with Crippen molar-refractivity contribution in [3.63, 3.8) is 0 Å². The molecule has 0 aromatic carbocycles. The molecule has 0 saturated carbocycles. The molecule has 1 radical (unpaired) electrons. The maximum absolute atomic E-state index is 9.42. The SMILES string of the molecule is C/C=C(\N)[C]=O. The second-order valence-electron chi connectivity index (χ2n) is 0.846. The van der Waals surface area contributed by atoms with Crippen molar-refractivity contribution >= 4 is 6.29 Å². The van der Waals surface area contributed by atoms with Gasteiger partial charge < -0.3 is 5.73 Å². The van der Waals surface area contributed by atoms with Crippen LogP contribution in [0.4, 0.5) is 0 Å². The zero-order valence-corrected chi connectivity index (χ0v) is 3.56. The molecule has 0 heterocycles. The molecule has 0 spiro atoms. The summed E-state index contributed by atoms with van der Waals surface area (Å²) in [5, 5.41) is 0. The van der Waals surface area contributed by atoms with Gasteiger partial charge in [0.15, 0.2) is 0 Å². The van der Waals surface area contributed by atoms with E-state index in [9.17, 15) is 4.79 Å². The first-order chi connectivity index (χ1) is 2.81. The Morgan fingerprint density at radius 3 is 2.50 bits per heavy atom. The lowest BCUT2D eigenvalue weighted by atomic mass is 10.5. The third-order valence-corrected chi connectivity index (χ3v) is 0.429. The molecule has 0 aliphatic carbocycles. The molecular weight excluding hydrogens is 78.0 g/mol. The van der Waals surface area contributed by atoms with Gasteiger partial charge in [0.25, 0.3) is 0 Å². The molecule has 0 saturated heterocycles. The van der Waals surface area contributed by atoms with Crippen LogP contribution in [0.3, 0.4) is 0 Å². The van der Waals surface area contributed by atoms with Gasteiger partial charge in [-0.3, -0.25) is 4.79 Å². The van der Waals surface area contributed by atoms with Crippen molar-refractivity contribution in [1.82, 2.24) is 0 Å². The maximum atomic E-state index is 9.42. The molecule has 33 valence electrons. The van der Waals surface area contributed by atoms with E-state index in [2.05, 4.69) is 0 Å². The molecule has 2 nitrogen and oxygen atoms in total. The van der Waals surface area contributed by atoms with Gasteiger partial charge in [0, 0.05) is 0 Å². The van der Waals surface area contributed by atoms with Gasteiger partial charge in [-0.2, -0.15) is 0 Å². The largest absolute Gasteiger partial charge is 0.396 e. The molecule has 2 heteroatoms. The van der Waals surface area contributed by atoms with Crippen LogP contribution in [-0.2, 0) is 4.79 Å². The van der Waals surface area contributed by atoms with E-state index < -0.39 is 0 Å². The molecule has 0 bridgehead atoms. The summed E-state index contributed by atoms with van der Waals surface area (Å²) in [7, 11) is 0. The van der Waals surface area contributed by atoms with Crippen LogP contribution in [0.15, 0.2) is 11.8 Å². The summed E-state index contributed by atoms with van der Waals surface area (Å²) in [6.07, 6.45) is 3.00. The molecule has 0 amide bonds. The van der Waals surface area contributed by atoms with Crippen LogP contribution in [0.25, 0.3) is 0 Å². The number of hydrogen-bond donors (Lipinski definition) is 1.